The van der Waals surface area contributed by atoms with Crippen LogP contribution in [0.25, 0.3) is 0 Å². The molecule has 2 aromatic rings. The summed E-state index contributed by atoms with van der Waals surface area (Å²) in [7, 11) is 0. The quantitative estimate of drug-likeness (QED) is 0.631. The molecule has 0 radical (unpaired) electrons. The van der Waals surface area contributed by atoms with Crippen LogP contribution in [0, 0.1) is 6.92 Å². The molecule has 0 saturated heterocycles. The maximum atomic E-state index is 13.4. The Balaban J connectivity index is 2.55. The van der Waals surface area contributed by atoms with Gasteiger partial charge in [-0.3, -0.25) is 4.39 Å². The lowest BCUT2D eigenvalue weighted by Gasteiger charge is -2.20. The van der Waals surface area contributed by atoms with Gasteiger partial charge in [-0.25, -0.2) is 0 Å². The average Bonchev–Trinajstić information content (AvgIpc) is 2.42. The molecular weight excluding hydrogens is 304 g/mol. The molecule has 0 aliphatic rings. The highest BCUT2D eigenvalue weighted by Gasteiger charge is 2.35. The van der Waals surface area contributed by atoms with Gasteiger partial charge in [0.05, 0.1) is 5.56 Å². The molecule has 5 heteroatoms. The van der Waals surface area contributed by atoms with Crippen molar-refractivity contribution in [2.24, 2.45) is 0 Å². The Morgan fingerprint density at radius 1 is 1.05 bits per heavy atom. The highest BCUT2D eigenvalue weighted by atomic mass is 35.5. The normalized spacial score (nSPS) is 13.2. The first-order valence-corrected chi connectivity index (χ1v) is 6.70. The Bertz CT molecular complexity index is 617. The van der Waals surface area contributed by atoms with Crippen molar-refractivity contribution in [2.45, 2.75) is 19.0 Å². The summed E-state index contributed by atoms with van der Waals surface area (Å²) in [6, 6.07) is 10.1. The Morgan fingerprint density at radius 2 is 1.67 bits per heavy atom. The van der Waals surface area contributed by atoms with Crippen LogP contribution in [-0.2, 0) is 6.18 Å². The minimum atomic E-state index is -4.51. The van der Waals surface area contributed by atoms with Crippen molar-refractivity contribution >= 4 is 11.6 Å². The summed E-state index contributed by atoms with van der Waals surface area (Å²) in [6.07, 6.45) is -4.51. The van der Waals surface area contributed by atoms with E-state index in [2.05, 4.69) is 0 Å². The van der Waals surface area contributed by atoms with Crippen LogP contribution in [-0.4, -0.2) is 6.67 Å². The van der Waals surface area contributed by atoms with Crippen LogP contribution < -0.4 is 0 Å². The second-order valence-corrected chi connectivity index (χ2v) is 5.28. The predicted molar refractivity (Wildman–Crippen MR) is 75.5 cm³/mol. The fourth-order valence-corrected chi connectivity index (χ4v) is 2.39. The summed E-state index contributed by atoms with van der Waals surface area (Å²) < 4.78 is 52.9. The number of hydrogen-bond donors (Lipinski definition) is 0. The number of alkyl halides is 4. The lowest BCUT2D eigenvalue weighted by Crippen LogP contribution is -2.14. The van der Waals surface area contributed by atoms with E-state index in [-0.39, 0.29) is 5.56 Å². The smallest absolute Gasteiger partial charge is 0.250 e. The van der Waals surface area contributed by atoms with Crippen molar-refractivity contribution < 1.29 is 17.6 Å². The molecule has 0 saturated carbocycles. The standard InChI is InChI=1S/C16H13ClF4/c1-10-2-7-13(15(8-10)16(19,20)21)14(9-18)11-3-5-12(17)6-4-11/h2-8,14H,9H2,1H3. The van der Waals surface area contributed by atoms with Crippen molar-refractivity contribution in [1.82, 2.24) is 0 Å². The van der Waals surface area contributed by atoms with E-state index in [4.69, 9.17) is 11.6 Å². The monoisotopic (exact) mass is 316 g/mol. The van der Waals surface area contributed by atoms with Crippen LogP contribution >= 0.6 is 11.6 Å². The molecule has 1 unspecified atom stereocenters. The van der Waals surface area contributed by atoms with Gasteiger partial charge >= 0.3 is 6.18 Å². The maximum absolute atomic E-state index is 13.4. The molecule has 0 aliphatic heterocycles. The topological polar surface area (TPSA) is 0 Å². The molecule has 0 aliphatic carbocycles. The molecule has 0 amide bonds. The van der Waals surface area contributed by atoms with Gasteiger partial charge in [-0.2, -0.15) is 13.2 Å². The van der Waals surface area contributed by atoms with Crippen molar-refractivity contribution in [1.29, 1.82) is 0 Å². The molecule has 21 heavy (non-hydrogen) atoms. The summed E-state index contributed by atoms with van der Waals surface area (Å²) >= 11 is 5.76. The third kappa shape index (κ3) is 3.56. The van der Waals surface area contributed by atoms with E-state index in [0.29, 0.717) is 16.1 Å². The summed E-state index contributed by atoms with van der Waals surface area (Å²) in [5.41, 5.74) is 0.106. The summed E-state index contributed by atoms with van der Waals surface area (Å²) in [5, 5.41) is 0.455. The third-order valence-corrected chi connectivity index (χ3v) is 3.57. The zero-order valence-electron chi connectivity index (χ0n) is 11.2. The molecule has 0 fully saturated rings. The average molecular weight is 317 g/mol. The van der Waals surface area contributed by atoms with Gasteiger partial charge in [0.25, 0.3) is 0 Å². The van der Waals surface area contributed by atoms with Crippen molar-refractivity contribution in [2.75, 3.05) is 6.67 Å². The van der Waals surface area contributed by atoms with Gasteiger partial charge in [0, 0.05) is 10.9 Å². The summed E-state index contributed by atoms with van der Waals surface area (Å²) in [6.45, 7) is 0.666. The van der Waals surface area contributed by atoms with Crippen molar-refractivity contribution in [3.8, 4) is 0 Å². The number of aryl methyl sites for hydroxylation is 1. The molecule has 0 bridgehead atoms. The molecule has 2 aromatic carbocycles. The first kappa shape index (κ1) is 15.8. The number of halogens is 5. The fourth-order valence-electron chi connectivity index (χ4n) is 2.27. The Morgan fingerprint density at radius 3 is 2.19 bits per heavy atom. The maximum Gasteiger partial charge on any atom is 0.416 e. The highest BCUT2D eigenvalue weighted by Crippen LogP contribution is 2.38. The van der Waals surface area contributed by atoms with E-state index in [0.717, 1.165) is 6.07 Å². The molecule has 0 N–H and O–H groups in total. The predicted octanol–water partition coefficient (Wildman–Crippen LogP) is 5.77. The first-order valence-electron chi connectivity index (χ1n) is 6.32. The lowest BCUT2D eigenvalue weighted by molar-refractivity contribution is -0.138. The lowest BCUT2D eigenvalue weighted by atomic mass is 9.88. The Hall–Kier alpha value is -1.55. The van der Waals surface area contributed by atoms with Crippen LogP contribution in [0.3, 0.4) is 0 Å². The van der Waals surface area contributed by atoms with E-state index in [1.807, 2.05) is 0 Å². The minimum Gasteiger partial charge on any atom is -0.250 e. The molecule has 112 valence electrons. The molecular formula is C16H13ClF4. The van der Waals surface area contributed by atoms with Crippen LogP contribution in [0.1, 0.15) is 28.2 Å². The van der Waals surface area contributed by atoms with Crippen LogP contribution in [0.2, 0.25) is 5.02 Å². The van der Waals surface area contributed by atoms with E-state index in [1.54, 1.807) is 37.3 Å². The molecule has 0 spiro atoms. The Labute approximate surface area is 125 Å². The van der Waals surface area contributed by atoms with Crippen LogP contribution in [0.15, 0.2) is 42.5 Å². The second-order valence-electron chi connectivity index (χ2n) is 4.85. The third-order valence-electron chi connectivity index (χ3n) is 3.32. The second kappa shape index (κ2) is 6.06. The molecule has 2 rings (SSSR count). The number of rotatable bonds is 3. The van der Waals surface area contributed by atoms with Crippen LogP contribution in [0.4, 0.5) is 17.6 Å². The van der Waals surface area contributed by atoms with Gasteiger partial charge in [0.2, 0.25) is 0 Å². The van der Waals surface area contributed by atoms with Gasteiger partial charge in [0.15, 0.2) is 0 Å². The van der Waals surface area contributed by atoms with Gasteiger partial charge in [-0.15, -0.1) is 0 Å². The zero-order valence-corrected chi connectivity index (χ0v) is 12.0. The minimum absolute atomic E-state index is 0.0575. The van der Waals surface area contributed by atoms with E-state index >= 15 is 0 Å². The SMILES string of the molecule is Cc1ccc(C(CF)c2ccc(Cl)cc2)c(C(F)(F)F)c1. The largest absolute Gasteiger partial charge is 0.416 e. The van der Waals surface area contributed by atoms with Crippen molar-refractivity contribution in [3.63, 3.8) is 0 Å². The zero-order chi connectivity index (χ0) is 15.6. The first-order chi connectivity index (χ1) is 9.82. The highest BCUT2D eigenvalue weighted by molar-refractivity contribution is 6.30. The molecule has 1 atom stereocenters. The van der Waals surface area contributed by atoms with E-state index in [9.17, 15) is 17.6 Å². The van der Waals surface area contributed by atoms with Crippen molar-refractivity contribution in [3.05, 3.63) is 69.7 Å². The number of benzene rings is 2. The summed E-state index contributed by atoms with van der Waals surface area (Å²) in [4.78, 5) is 0. The van der Waals surface area contributed by atoms with Gasteiger partial charge in [-0.1, -0.05) is 41.4 Å². The van der Waals surface area contributed by atoms with Gasteiger partial charge < -0.3 is 0 Å². The number of hydrogen-bond acceptors (Lipinski definition) is 0. The molecule has 0 nitrogen and oxygen atoms in total. The molecule has 0 heterocycles. The molecule has 0 aromatic heterocycles. The van der Waals surface area contributed by atoms with E-state index < -0.39 is 24.3 Å². The van der Waals surface area contributed by atoms with Gasteiger partial charge in [0.1, 0.15) is 6.67 Å². The summed E-state index contributed by atoms with van der Waals surface area (Å²) in [5.74, 6) is -0.959. The van der Waals surface area contributed by atoms with Gasteiger partial charge in [-0.05, 0) is 36.2 Å². The fraction of sp³-hybridized carbons (Fsp3) is 0.250. The van der Waals surface area contributed by atoms with Crippen LogP contribution in [0.5, 0.6) is 0 Å². The van der Waals surface area contributed by atoms with E-state index in [1.165, 1.54) is 6.07 Å². The Kier molecular flexibility index (Phi) is 4.57.